The molecule has 2 heterocycles. The number of H-pyrrole nitrogens is 1. The van der Waals surface area contributed by atoms with Crippen LogP contribution < -0.4 is 11.2 Å². The molecule has 6 nitrogen and oxygen atoms in total. The van der Waals surface area contributed by atoms with Crippen molar-refractivity contribution in [2.24, 2.45) is 0 Å². The van der Waals surface area contributed by atoms with E-state index in [2.05, 4.69) is 11.6 Å². The molecule has 0 radical (unpaired) electrons. The molecular formula is C12H16N2O4. The fourth-order valence-corrected chi connectivity index (χ4v) is 2.36. The van der Waals surface area contributed by atoms with Crippen molar-refractivity contribution in [1.29, 1.82) is 0 Å². The summed E-state index contributed by atoms with van der Waals surface area (Å²) >= 11 is 0. The van der Waals surface area contributed by atoms with Gasteiger partial charge in [-0.1, -0.05) is 6.08 Å². The Labute approximate surface area is 104 Å². The van der Waals surface area contributed by atoms with Crippen molar-refractivity contribution in [3.63, 3.8) is 0 Å². The van der Waals surface area contributed by atoms with Crippen LogP contribution in [0.25, 0.3) is 0 Å². The lowest BCUT2D eigenvalue weighted by molar-refractivity contribution is -0.0891. The molecule has 3 atom stereocenters. The number of rotatable bonds is 3. The zero-order valence-electron chi connectivity index (χ0n) is 10.1. The van der Waals surface area contributed by atoms with E-state index in [-0.39, 0.29) is 6.10 Å². The van der Waals surface area contributed by atoms with Crippen LogP contribution >= 0.6 is 0 Å². The predicted octanol–water partition coefficient (Wildman–Crippen LogP) is 0.151. The van der Waals surface area contributed by atoms with Gasteiger partial charge in [-0.15, -0.1) is 6.58 Å². The first-order chi connectivity index (χ1) is 8.46. The number of aliphatic hydroxyl groups is 1. The maximum atomic E-state index is 11.7. The van der Waals surface area contributed by atoms with Gasteiger partial charge >= 0.3 is 5.69 Å². The normalized spacial score (nSPS) is 31.4. The number of ether oxygens (including phenoxy) is 1. The molecule has 0 amide bonds. The molecule has 0 aliphatic carbocycles. The Hall–Kier alpha value is -1.66. The van der Waals surface area contributed by atoms with E-state index in [0.29, 0.717) is 12.8 Å². The zero-order valence-corrected chi connectivity index (χ0v) is 10.1. The highest BCUT2D eigenvalue weighted by molar-refractivity contribution is 4.99. The molecule has 6 heteroatoms. The summed E-state index contributed by atoms with van der Waals surface area (Å²) in [7, 11) is 0. The van der Waals surface area contributed by atoms with Crippen molar-refractivity contribution in [3.05, 3.63) is 45.8 Å². The summed E-state index contributed by atoms with van der Waals surface area (Å²) in [5.41, 5.74) is -2.25. The number of hydrogen-bond donors (Lipinski definition) is 2. The second kappa shape index (κ2) is 4.55. The van der Waals surface area contributed by atoms with E-state index in [1.165, 1.54) is 16.8 Å². The average Bonchev–Trinajstić information content (AvgIpc) is 2.54. The van der Waals surface area contributed by atoms with Crippen LogP contribution in [0.3, 0.4) is 0 Å². The van der Waals surface area contributed by atoms with Gasteiger partial charge in [0.1, 0.15) is 5.60 Å². The van der Waals surface area contributed by atoms with Gasteiger partial charge in [-0.05, 0) is 13.3 Å². The van der Waals surface area contributed by atoms with Gasteiger partial charge in [-0.2, -0.15) is 0 Å². The lowest BCUT2D eigenvalue weighted by Crippen LogP contribution is -2.41. The Morgan fingerprint density at radius 2 is 2.44 bits per heavy atom. The largest absolute Gasteiger partial charge is 0.385 e. The Bertz CT molecular complexity index is 562. The van der Waals surface area contributed by atoms with Crippen molar-refractivity contribution in [2.75, 3.05) is 0 Å². The second-order valence-corrected chi connectivity index (χ2v) is 4.62. The summed E-state index contributed by atoms with van der Waals surface area (Å²) in [6.07, 6.45) is 2.67. The minimum Gasteiger partial charge on any atom is -0.385 e. The minimum atomic E-state index is -1.18. The molecule has 2 rings (SSSR count). The van der Waals surface area contributed by atoms with Gasteiger partial charge in [0.05, 0.1) is 6.10 Å². The van der Waals surface area contributed by atoms with Gasteiger partial charge < -0.3 is 9.84 Å². The highest BCUT2D eigenvalue weighted by Crippen LogP contribution is 2.39. The highest BCUT2D eigenvalue weighted by Gasteiger charge is 2.46. The standard InChI is InChI=1S/C12H16N2O4/c1-3-5-12(17)7-8(2)18-10(12)14-6-4-9(15)13-11(14)16/h3-4,6,8,10,17H,1,5,7H2,2H3,(H,13,15,16)/t8?,10?,12-/m1/s1. The van der Waals surface area contributed by atoms with Gasteiger partial charge in [-0.25, -0.2) is 4.79 Å². The smallest absolute Gasteiger partial charge is 0.330 e. The average molecular weight is 252 g/mol. The first-order valence-electron chi connectivity index (χ1n) is 5.76. The van der Waals surface area contributed by atoms with Crippen molar-refractivity contribution >= 4 is 0 Å². The number of hydrogen-bond acceptors (Lipinski definition) is 4. The minimum absolute atomic E-state index is 0.168. The van der Waals surface area contributed by atoms with Crippen LogP contribution in [-0.4, -0.2) is 26.4 Å². The summed E-state index contributed by atoms with van der Waals surface area (Å²) in [5.74, 6) is 0. The van der Waals surface area contributed by atoms with E-state index >= 15 is 0 Å². The Balaban J connectivity index is 2.45. The van der Waals surface area contributed by atoms with E-state index < -0.39 is 23.1 Å². The van der Waals surface area contributed by atoms with Crippen LogP contribution in [-0.2, 0) is 4.74 Å². The monoisotopic (exact) mass is 252 g/mol. The van der Waals surface area contributed by atoms with E-state index in [1.807, 2.05) is 6.92 Å². The Kier molecular flexibility index (Phi) is 3.23. The predicted molar refractivity (Wildman–Crippen MR) is 65.3 cm³/mol. The third-order valence-electron chi connectivity index (χ3n) is 3.06. The van der Waals surface area contributed by atoms with Crippen LogP contribution in [0, 0.1) is 0 Å². The molecule has 1 aromatic heterocycles. The fourth-order valence-electron chi connectivity index (χ4n) is 2.36. The van der Waals surface area contributed by atoms with Crippen molar-refractivity contribution < 1.29 is 9.84 Å². The van der Waals surface area contributed by atoms with Gasteiger partial charge in [0, 0.05) is 18.7 Å². The third-order valence-corrected chi connectivity index (χ3v) is 3.06. The molecule has 0 bridgehead atoms. The van der Waals surface area contributed by atoms with E-state index in [4.69, 9.17) is 4.74 Å². The summed E-state index contributed by atoms with van der Waals surface area (Å²) in [4.78, 5) is 24.9. The maximum absolute atomic E-state index is 11.7. The van der Waals surface area contributed by atoms with E-state index in [1.54, 1.807) is 6.08 Å². The molecule has 1 fully saturated rings. The molecule has 2 unspecified atom stereocenters. The van der Waals surface area contributed by atoms with Crippen molar-refractivity contribution in [1.82, 2.24) is 9.55 Å². The molecule has 1 aliphatic rings. The molecule has 0 saturated carbocycles. The zero-order chi connectivity index (χ0) is 13.3. The number of aromatic nitrogens is 2. The van der Waals surface area contributed by atoms with Crippen LogP contribution in [0.5, 0.6) is 0 Å². The summed E-state index contributed by atoms with van der Waals surface area (Å²) in [6.45, 7) is 5.42. The molecule has 18 heavy (non-hydrogen) atoms. The first kappa shape index (κ1) is 12.8. The SMILES string of the molecule is C=CC[C@@]1(O)CC(C)OC1n1ccc(=O)[nH]c1=O. The highest BCUT2D eigenvalue weighted by atomic mass is 16.5. The fraction of sp³-hybridized carbons (Fsp3) is 0.500. The van der Waals surface area contributed by atoms with Gasteiger partial charge in [-0.3, -0.25) is 14.3 Å². The van der Waals surface area contributed by atoms with Crippen molar-refractivity contribution in [3.8, 4) is 0 Å². The molecule has 0 spiro atoms. The van der Waals surface area contributed by atoms with Gasteiger partial charge in [0.2, 0.25) is 0 Å². The van der Waals surface area contributed by atoms with E-state index in [9.17, 15) is 14.7 Å². The third kappa shape index (κ3) is 2.16. The molecular weight excluding hydrogens is 236 g/mol. The Morgan fingerprint density at radius 3 is 3.06 bits per heavy atom. The molecule has 1 saturated heterocycles. The Morgan fingerprint density at radius 1 is 1.72 bits per heavy atom. The van der Waals surface area contributed by atoms with Crippen LogP contribution in [0.15, 0.2) is 34.5 Å². The quantitative estimate of drug-likeness (QED) is 0.750. The first-order valence-corrected chi connectivity index (χ1v) is 5.76. The lowest BCUT2D eigenvalue weighted by atomic mass is 9.94. The molecule has 98 valence electrons. The summed E-state index contributed by atoms with van der Waals surface area (Å²) in [6, 6.07) is 1.22. The van der Waals surface area contributed by atoms with Gasteiger partial charge in [0.15, 0.2) is 6.23 Å². The number of nitrogens with zero attached hydrogens (tertiary/aromatic N) is 1. The summed E-state index contributed by atoms with van der Waals surface area (Å²) < 4.78 is 6.78. The van der Waals surface area contributed by atoms with Crippen molar-refractivity contribution in [2.45, 2.75) is 37.7 Å². The molecule has 2 N–H and O–H groups in total. The molecule has 1 aromatic rings. The molecule has 1 aliphatic heterocycles. The van der Waals surface area contributed by atoms with Crippen LogP contribution in [0.1, 0.15) is 26.0 Å². The maximum Gasteiger partial charge on any atom is 0.330 e. The second-order valence-electron chi connectivity index (χ2n) is 4.62. The van der Waals surface area contributed by atoms with E-state index in [0.717, 1.165) is 0 Å². The topological polar surface area (TPSA) is 84.3 Å². The lowest BCUT2D eigenvalue weighted by Gasteiger charge is -2.28. The van der Waals surface area contributed by atoms with Crippen LogP contribution in [0.2, 0.25) is 0 Å². The molecule has 0 aromatic carbocycles. The number of nitrogens with one attached hydrogen (secondary N) is 1. The summed E-state index contributed by atoms with van der Waals surface area (Å²) in [5, 5.41) is 10.5. The van der Waals surface area contributed by atoms with Gasteiger partial charge in [0.25, 0.3) is 5.56 Å². The number of aromatic amines is 1. The van der Waals surface area contributed by atoms with Crippen LogP contribution in [0.4, 0.5) is 0 Å².